The molecule has 0 radical (unpaired) electrons. The van der Waals surface area contributed by atoms with E-state index in [1.165, 1.54) is 11.1 Å². The Labute approximate surface area is 142 Å². The zero-order valence-corrected chi connectivity index (χ0v) is 14.3. The molecule has 1 aromatic heterocycles. The number of halogens is 1. The number of piperidine rings is 1. The predicted molar refractivity (Wildman–Crippen MR) is 85.8 cm³/mol. The second-order valence-electron chi connectivity index (χ2n) is 5.55. The number of carbonyl (C=O) groups is 3. The van der Waals surface area contributed by atoms with Crippen LogP contribution in [0.3, 0.4) is 0 Å². The fourth-order valence-corrected chi connectivity index (χ4v) is 2.86. The summed E-state index contributed by atoms with van der Waals surface area (Å²) in [6.07, 6.45) is 3.93. The van der Waals surface area contributed by atoms with Gasteiger partial charge < -0.3 is 14.9 Å². The monoisotopic (exact) mass is 383 g/mol. The van der Waals surface area contributed by atoms with Crippen molar-refractivity contribution in [2.24, 2.45) is 5.92 Å². The van der Waals surface area contributed by atoms with Crippen molar-refractivity contribution in [2.45, 2.75) is 12.8 Å². The summed E-state index contributed by atoms with van der Waals surface area (Å²) >= 11 is 3.25. The number of carbonyl (C=O) groups excluding carboxylic acids is 2. The first-order valence-electron chi connectivity index (χ1n) is 7.25. The fraction of sp³-hybridized carbons (Fsp3) is 0.467. The second-order valence-corrected chi connectivity index (χ2v) is 6.46. The molecule has 1 aliphatic heterocycles. The maximum Gasteiger partial charge on any atom is 0.306 e. The van der Waals surface area contributed by atoms with Crippen molar-refractivity contribution < 1.29 is 19.5 Å². The SMILES string of the molecule is CN(CC(=O)N1CCC(C(=O)O)CC1)C(=O)c1cncc(Br)c1. The number of amides is 2. The summed E-state index contributed by atoms with van der Waals surface area (Å²) in [6, 6.07) is 1.65. The van der Waals surface area contributed by atoms with Crippen molar-refractivity contribution in [1.82, 2.24) is 14.8 Å². The molecule has 1 N–H and O–H groups in total. The highest BCUT2D eigenvalue weighted by atomic mass is 79.9. The lowest BCUT2D eigenvalue weighted by Gasteiger charge is -2.31. The van der Waals surface area contributed by atoms with E-state index in [1.54, 1.807) is 24.2 Å². The number of rotatable bonds is 4. The number of carboxylic acid groups (broad SMARTS) is 1. The highest BCUT2D eigenvalue weighted by molar-refractivity contribution is 9.10. The topological polar surface area (TPSA) is 90.8 Å². The highest BCUT2D eigenvalue weighted by Crippen LogP contribution is 2.17. The largest absolute Gasteiger partial charge is 0.481 e. The van der Waals surface area contributed by atoms with E-state index in [0.717, 1.165) is 0 Å². The molecule has 1 aromatic rings. The first-order valence-corrected chi connectivity index (χ1v) is 8.04. The number of hydrogen-bond acceptors (Lipinski definition) is 4. The van der Waals surface area contributed by atoms with Gasteiger partial charge in [-0.05, 0) is 34.8 Å². The number of pyridine rings is 1. The van der Waals surface area contributed by atoms with E-state index in [0.29, 0.717) is 36.0 Å². The first kappa shape index (κ1) is 17.4. The summed E-state index contributed by atoms with van der Waals surface area (Å²) in [4.78, 5) is 42.3. The summed E-state index contributed by atoms with van der Waals surface area (Å²) in [5.41, 5.74) is 0.402. The first-order chi connectivity index (χ1) is 10.9. The van der Waals surface area contributed by atoms with Gasteiger partial charge >= 0.3 is 5.97 Å². The number of hydrogen-bond donors (Lipinski definition) is 1. The molecule has 124 valence electrons. The third-order valence-corrected chi connectivity index (χ3v) is 4.30. The third-order valence-electron chi connectivity index (χ3n) is 3.87. The van der Waals surface area contributed by atoms with Crippen molar-refractivity contribution in [3.8, 4) is 0 Å². The molecular weight excluding hydrogens is 366 g/mol. The van der Waals surface area contributed by atoms with Gasteiger partial charge in [-0.2, -0.15) is 0 Å². The molecule has 2 rings (SSSR count). The number of aliphatic carboxylic acids is 1. The lowest BCUT2D eigenvalue weighted by molar-refractivity contribution is -0.145. The van der Waals surface area contributed by atoms with Crippen molar-refractivity contribution >= 4 is 33.7 Å². The predicted octanol–water partition coefficient (Wildman–Crippen LogP) is 1.24. The Morgan fingerprint density at radius 1 is 1.35 bits per heavy atom. The van der Waals surface area contributed by atoms with Gasteiger partial charge in [-0.25, -0.2) is 0 Å². The van der Waals surface area contributed by atoms with Crippen molar-refractivity contribution in [3.63, 3.8) is 0 Å². The van der Waals surface area contributed by atoms with Crippen LogP contribution in [0.4, 0.5) is 0 Å². The van der Waals surface area contributed by atoms with Gasteiger partial charge in [0.25, 0.3) is 5.91 Å². The Balaban J connectivity index is 1.90. The van der Waals surface area contributed by atoms with E-state index in [1.807, 2.05) is 0 Å². The van der Waals surface area contributed by atoms with E-state index < -0.39 is 5.97 Å². The maximum absolute atomic E-state index is 12.3. The van der Waals surface area contributed by atoms with Gasteiger partial charge in [0.15, 0.2) is 0 Å². The Hall–Kier alpha value is -1.96. The van der Waals surface area contributed by atoms with Crippen LogP contribution in [0.2, 0.25) is 0 Å². The molecule has 0 bridgehead atoms. The molecule has 0 atom stereocenters. The molecule has 1 aliphatic rings. The minimum Gasteiger partial charge on any atom is -0.481 e. The zero-order valence-electron chi connectivity index (χ0n) is 12.7. The van der Waals surface area contributed by atoms with Gasteiger partial charge in [-0.3, -0.25) is 19.4 Å². The number of nitrogens with zero attached hydrogens (tertiary/aromatic N) is 3. The molecule has 1 saturated heterocycles. The van der Waals surface area contributed by atoms with Gasteiger partial charge in [-0.1, -0.05) is 0 Å². The molecule has 0 aromatic carbocycles. The van der Waals surface area contributed by atoms with Gasteiger partial charge in [0, 0.05) is 37.0 Å². The Morgan fingerprint density at radius 3 is 2.57 bits per heavy atom. The van der Waals surface area contributed by atoms with Crippen LogP contribution < -0.4 is 0 Å². The van der Waals surface area contributed by atoms with Crippen molar-refractivity contribution in [2.75, 3.05) is 26.7 Å². The minimum atomic E-state index is -0.813. The molecule has 0 saturated carbocycles. The summed E-state index contributed by atoms with van der Waals surface area (Å²) in [5.74, 6) is -1.65. The van der Waals surface area contributed by atoms with Crippen LogP contribution in [0.1, 0.15) is 23.2 Å². The van der Waals surface area contributed by atoms with Crippen LogP contribution in [0.5, 0.6) is 0 Å². The van der Waals surface area contributed by atoms with E-state index in [-0.39, 0.29) is 24.3 Å². The molecule has 2 amide bonds. The number of aromatic nitrogens is 1. The van der Waals surface area contributed by atoms with Crippen molar-refractivity contribution in [3.05, 3.63) is 28.5 Å². The van der Waals surface area contributed by atoms with Crippen LogP contribution in [0.25, 0.3) is 0 Å². The molecule has 0 unspecified atom stereocenters. The molecule has 8 heteroatoms. The van der Waals surface area contributed by atoms with Crippen LogP contribution in [0, 0.1) is 5.92 Å². The molecule has 2 heterocycles. The van der Waals surface area contributed by atoms with Gasteiger partial charge in [0.2, 0.25) is 5.91 Å². The van der Waals surface area contributed by atoms with E-state index in [4.69, 9.17) is 5.11 Å². The normalized spacial score (nSPS) is 15.3. The summed E-state index contributed by atoms with van der Waals surface area (Å²) in [5, 5.41) is 8.96. The van der Waals surface area contributed by atoms with E-state index in [2.05, 4.69) is 20.9 Å². The smallest absolute Gasteiger partial charge is 0.306 e. The molecule has 7 nitrogen and oxygen atoms in total. The van der Waals surface area contributed by atoms with Gasteiger partial charge in [0.1, 0.15) is 0 Å². The summed E-state index contributed by atoms with van der Waals surface area (Å²) < 4.78 is 0.693. The van der Waals surface area contributed by atoms with Crippen LogP contribution in [-0.4, -0.2) is 64.4 Å². The molecular formula is C15H18BrN3O4. The number of carboxylic acids is 1. The van der Waals surface area contributed by atoms with E-state index in [9.17, 15) is 14.4 Å². The molecule has 1 fully saturated rings. The molecule has 0 spiro atoms. The third kappa shape index (κ3) is 4.51. The van der Waals surface area contributed by atoms with Crippen LogP contribution in [-0.2, 0) is 9.59 Å². The molecule has 0 aliphatic carbocycles. The lowest BCUT2D eigenvalue weighted by atomic mass is 9.97. The average molecular weight is 384 g/mol. The van der Waals surface area contributed by atoms with E-state index >= 15 is 0 Å². The minimum absolute atomic E-state index is 0.0386. The van der Waals surface area contributed by atoms with Crippen molar-refractivity contribution in [1.29, 1.82) is 0 Å². The summed E-state index contributed by atoms with van der Waals surface area (Å²) in [6.45, 7) is 0.787. The highest BCUT2D eigenvalue weighted by Gasteiger charge is 2.28. The van der Waals surface area contributed by atoms with Gasteiger partial charge in [0.05, 0.1) is 18.0 Å². The fourth-order valence-electron chi connectivity index (χ4n) is 2.50. The van der Waals surface area contributed by atoms with Crippen LogP contribution in [0.15, 0.2) is 22.9 Å². The molecule has 23 heavy (non-hydrogen) atoms. The Kier molecular flexibility index (Phi) is 5.70. The second kappa shape index (κ2) is 7.54. The number of likely N-dealkylation sites (tertiary alicyclic amines) is 1. The Morgan fingerprint density at radius 2 is 2.00 bits per heavy atom. The number of likely N-dealkylation sites (N-methyl/N-ethyl adjacent to an activating group) is 1. The standard InChI is InChI=1S/C15H18BrN3O4/c1-18(14(21)11-6-12(16)8-17-7-11)9-13(20)19-4-2-10(3-5-19)15(22)23/h6-8,10H,2-5,9H2,1H3,(H,22,23). The zero-order chi connectivity index (χ0) is 17.0. The Bertz CT molecular complexity index is 614. The quantitative estimate of drug-likeness (QED) is 0.844. The lowest BCUT2D eigenvalue weighted by Crippen LogP contribution is -2.45. The van der Waals surface area contributed by atoms with Gasteiger partial charge in [-0.15, -0.1) is 0 Å². The maximum atomic E-state index is 12.3. The van der Waals surface area contributed by atoms with Crippen LogP contribution >= 0.6 is 15.9 Å². The summed E-state index contributed by atoms with van der Waals surface area (Å²) in [7, 11) is 1.56. The average Bonchev–Trinajstić information content (AvgIpc) is 2.54.